The maximum atomic E-state index is 5.78. The predicted octanol–water partition coefficient (Wildman–Crippen LogP) is 4.96. The van der Waals surface area contributed by atoms with Gasteiger partial charge in [0, 0.05) is 17.1 Å². The maximum Gasteiger partial charge on any atom is 0.226 e. The van der Waals surface area contributed by atoms with Gasteiger partial charge in [-0.1, -0.05) is 36.4 Å². The highest BCUT2D eigenvalue weighted by Gasteiger charge is 2.06. The second-order valence-electron chi connectivity index (χ2n) is 5.18. The molecule has 3 nitrogen and oxygen atoms in total. The third-order valence-corrected chi connectivity index (χ3v) is 4.36. The first-order chi connectivity index (χ1) is 11.3. The maximum absolute atomic E-state index is 5.78. The number of oxazole rings is 1. The standard InChI is InChI=1S/C19H19NO2S/c1-15-7-5-6-10-18(15)21-11-12-23-14-17-13-22-19(20-17)16-8-3-2-4-9-16/h2-10,13H,11-12,14H2,1H3. The largest absolute Gasteiger partial charge is 0.492 e. The van der Waals surface area contributed by atoms with Crippen molar-refractivity contribution in [1.29, 1.82) is 0 Å². The van der Waals surface area contributed by atoms with Gasteiger partial charge < -0.3 is 9.15 Å². The molecule has 0 aliphatic heterocycles. The van der Waals surface area contributed by atoms with Gasteiger partial charge in [0.05, 0.1) is 12.3 Å². The highest BCUT2D eigenvalue weighted by Crippen LogP contribution is 2.21. The SMILES string of the molecule is Cc1ccccc1OCCSCc1coc(-c2ccccc2)n1. The smallest absolute Gasteiger partial charge is 0.226 e. The molecule has 0 unspecified atom stereocenters. The Kier molecular flexibility index (Phi) is 5.37. The van der Waals surface area contributed by atoms with Crippen LogP contribution in [-0.2, 0) is 5.75 Å². The highest BCUT2D eigenvalue weighted by molar-refractivity contribution is 7.98. The molecular formula is C19H19NO2S. The van der Waals surface area contributed by atoms with Gasteiger partial charge in [-0.05, 0) is 30.7 Å². The van der Waals surface area contributed by atoms with E-state index >= 15 is 0 Å². The third-order valence-electron chi connectivity index (χ3n) is 3.40. The molecule has 2 aromatic carbocycles. The van der Waals surface area contributed by atoms with Crippen LogP contribution in [0.4, 0.5) is 0 Å². The summed E-state index contributed by atoms with van der Waals surface area (Å²) in [6.45, 7) is 2.75. The van der Waals surface area contributed by atoms with E-state index in [1.54, 1.807) is 18.0 Å². The predicted molar refractivity (Wildman–Crippen MR) is 94.8 cm³/mol. The molecule has 0 saturated heterocycles. The summed E-state index contributed by atoms with van der Waals surface area (Å²) in [5.74, 6) is 3.38. The molecule has 0 aliphatic rings. The molecule has 0 spiro atoms. The molecule has 4 heteroatoms. The van der Waals surface area contributed by atoms with Crippen LogP contribution >= 0.6 is 11.8 Å². The zero-order valence-electron chi connectivity index (χ0n) is 13.1. The van der Waals surface area contributed by atoms with Gasteiger partial charge in [-0.3, -0.25) is 0 Å². The van der Waals surface area contributed by atoms with Crippen molar-refractivity contribution in [3.63, 3.8) is 0 Å². The second kappa shape index (κ2) is 7.88. The number of aromatic nitrogens is 1. The molecule has 118 valence electrons. The first-order valence-electron chi connectivity index (χ1n) is 7.59. The molecule has 0 amide bonds. The van der Waals surface area contributed by atoms with E-state index in [4.69, 9.17) is 9.15 Å². The lowest BCUT2D eigenvalue weighted by Crippen LogP contribution is -2.01. The molecule has 1 heterocycles. The number of ether oxygens (including phenoxy) is 1. The highest BCUT2D eigenvalue weighted by atomic mass is 32.2. The Balaban J connectivity index is 1.43. The van der Waals surface area contributed by atoms with Gasteiger partial charge in [0.15, 0.2) is 0 Å². The van der Waals surface area contributed by atoms with E-state index in [-0.39, 0.29) is 0 Å². The normalized spacial score (nSPS) is 10.7. The Morgan fingerprint density at radius 2 is 1.83 bits per heavy atom. The molecule has 0 radical (unpaired) electrons. The summed E-state index contributed by atoms with van der Waals surface area (Å²) < 4.78 is 11.3. The van der Waals surface area contributed by atoms with Crippen molar-refractivity contribution in [3.05, 3.63) is 72.1 Å². The van der Waals surface area contributed by atoms with Crippen molar-refractivity contribution in [3.8, 4) is 17.2 Å². The zero-order valence-corrected chi connectivity index (χ0v) is 13.9. The van der Waals surface area contributed by atoms with Gasteiger partial charge in [0.25, 0.3) is 0 Å². The van der Waals surface area contributed by atoms with Crippen LogP contribution < -0.4 is 4.74 Å². The van der Waals surface area contributed by atoms with E-state index in [2.05, 4.69) is 18.0 Å². The number of rotatable bonds is 7. The molecule has 0 aliphatic carbocycles. The number of para-hydroxylation sites is 1. The van der Waals surface area contributed by atoms with Crippen molar-refractivity contribution in [1.82, 2.24) is 4.98 Å². The average Bonchev–Trinajstić information content (AvgIpc) is 3.06. The number of nitrogens with zero attached hydrogens (tertiary/aromatic N) is 1. The molecule has 0 atom stereocenters. The third kappa shape index (κ3) is 4.39. The number of hydrogen-bond acceptors (Lipinski definition) is 4. The van der Waals surface area contributed by atoms with Gasteiger partial charge in [-0.15, -0.1) is 0 Å². The summed E-state index contributed by atoms with van der Waals surface area (Å²) in [5.41, 5.74) is 3.14. The van der Waals surface area contributed by atoms with E-state index in [1.807, 2.05) is 48.5 Å². The molecule has 3 rings (SSSR count). The summed E-state index contributed by atoms with van der Waals surface area (Å²) in [4.78, 5) is 4.52. The Bertz CT molecular complexity index is 740. The molecule has 3 aromatic rings. The van der Waals surface area contributed by atoms with Crippen LogP contribution in [0.25, 0.3) is 11.5 Å². The monoisotopic (exact) mass is 325 g/mol. The van der Waals surface area contributed by atoms with E-state index in [9.17, 15) is 0 Å². The fourth-order valence-electron chi connectivity index (χ4n) is 2.19. The quantitative estimate of drug-likeness (QED) is 0.575. The van der Waals surface area contributed by atoms with Crippen molar-refractivity contribution < 1.29 is 9.15 Å². The van der Waals surface area contributed by atoms with Gasteiger partial charge in [0.2, 0.25) is 5.89 Å². The van der Waals surface area contributed by atoms with Crippen LogP contribution in [0.3, 0.4) is 0 Å². The van der Waals surface area contributed by atoms with Crippen LogP contribution in [0.1, 0.15) is 11.3 Å². The van der Waals surface area contributed by atoms with Crippen molar-refractivity contribution >= 4 is 11.8 Å². The fraction of sp³-hybridized carbons (Fsp3) is 0.211. The second-order valence-corrected chi connectivity index (χ2v) is 6.28. The van der Waals surface area contributed by atoms with Crippen LogP contribution in [0.5, 0.6) is 5.75 Å². The number of aryl methyl sites for hydroxylation is 1. The molecule has 1 aromatic heterocycles. The summed E-state index contributed by atoms with van der Waals surface area (Å²) >= 11 is 1.79. The van der Waals surface area contributed by atoms with Crippen molar-refractivity contribution in [2.24, 2.45) is 0 Å². The van der Waals surface area contributed by atoms with Crippen LogP contribution in [0.15, 0.2) is 65.3 Å². The van der Waals surface area contributed by atoms with Crippen LogP contribution in [0.2, 0.25) is 0 Å². The molecule has 0 saturated carbocycles. The molecule has 23 heavy (non-hydrogen) atoms. The Labute approximate surface area is 140 Å². The first kappa shape index (κ1) is 15.7. The van der Waals surface area contributed by atoms with E-state index in [0.717, 1.165) is 28.5 Å². The fourth-order valence-corrected chi connectivity index (χ4v) is 2.88. The van der Waals surface area contributed by atoms with E-state index in [0.29, 0.717) is 12.5 Å². The lowest BCUT2D eigenvalue weighted by atomic mass is 10.2. The topological polar surface area (TPSA) is 35.3 Å². The number of hydrogen-bond donors (Lipinski definition) is 0. The average molecular weight is 325 g/mol. The van der Waals surface area contributed by atoms with Gasteiger partial charge in [0.1, 0.15) is 12.0 Å². The summed E-state index contributed by atoms with van der Waals surface area (Å²) in [6.07, 6.45) is 1.73. The summed E-state index contributed by atoms with van der Waals surface area (Å²) in [6, 6.07) is 18.0. The van der Waals surface area contributed by atoms with Crippen LogP contribution in [0, 0.1) is 6.92 Å². The molecular weight excluding hydrogens is 306 g/mol. The minimum Gasteiger partial charge on any atom is -0.492 e. The van der Waals surface area contributed by atoms with Gasteiger partial charge in [-0.25, -0.2) is 4.98 Å². The van der Waals surface area contributed by atoms with Crippen molar-refractivity contribution in [2.45, 2.75) is 12.7 Å². The van der Waals surface area contributed by atoms with Crippen molar-refractivity contribution in [2.75, 3.05) is 12.4 Å². The molecule has 0 fully saturated rings. The zero-order chi connectivity index (χ0) is 15.9. The number of benzene rings is 2. The summed E-state index contributed by atoms with van der Waals surface area (Å²) in [5, 5.41) is 0. The Hall–Kier alpha value is -2.20. The Morgan fingerprint density at radius 3 is 2.65 bits per heavy atom. The minimum atomic E-state index is 0.678. The van der Waals surface area contributed by atoms with E-state index < -0.39 is 0 Å². The van der Waals surface area contributed by atoms with Gasteiger partial charge >= 0.3 is 0 Å². The summed E-state index contributed by atoms with van der Waals surface area (Å²) in [7, 11) is 0. The minimum absolute atomic E-state index is 0.678. The lowest BCUT2D eigenvalue weighted by Gasteiger charge is -2.07. The van der Waals surface area contributed by atoms with Crippen LogP contribution in [-0.4, -0.2) is 17.3 Å². The number of thioether (sulfide) groups is 1. The molecule has 0 N–H and O–H groups in total. The lowest BCUT2D eigenvalue weighted by molar-refractivity contribution is 0.341. The van der Waals surface area contributed by atoms with E-state index in [1.165, 1.54) is 5.56 Å². The Morgan fingerprint density at radius 1 is 1.04 bits per heavy atom. The van der Waals surface area contributed by atoms with Gasteiger partial charge in [-0.2, -0.15) is 11.8 Å². The molecule has 0 bridgehead atoms. The first-order valence-corrected chi connectivity index (χ1v) is 8.74.